The lowest BCUT2D eigenvalue weighted by Crippen LogP contribution is -2.21. The van der Waals surface area contributed by atoms with E-state index in [0.717, 1.165) is 18.6 Å². The summed E-state index contributed by atoms with van der Waals surface area (Å²) in [6.45, 7) is 4.22. The molecule has 0 spiro atoms. The average Bonchev–Trinajstić information content (AvgIpc) is 2.74. The van der Waals surface area contributed by atoms with E-state index in [4.69, 9.17) is 0 Å². The van der Waals surface area contributed by atoms with Gasteiger partial charge in [-0.25, -0.2) is 0 Å². The number of benzene rings is 1. The first-order valence-electron chi connectivity index (χ1n) is 6.03. The Bertz CT molecular complexity index is 382. The standard InChI is InChI=1S/C14H18OS/c1-3-10(4-2)14(15)12-9-16-13-8-6-5-7-11(12)13/h5-8,10,12H,3-4,9H2,1-2H3. The van der Waals surface area contributed by atoms with Crippen LogP contribution in [0.15, 0.2) is 29.2 Å². The molecule has 1 nitrogen and oxygen atoms in total. The van der Waals surface area contributed by atoms with E-state index < -0.39 is 0 Å². The van der Waals surface area contributed by atoms with Crippen LogP contribution < -0.4 is 0 Å². The number of ketones is 1. The molecule has 0 aliphatic carbocycles. The quantitative estimate of drug-likeness (QED) is 0.786. The molecule has 16 heavy (non-hydrogen) atoms. The summed E-state index contributed by atoms with van der Waals surface area (Å²) >= 11 is 1.82. The molecule has 2 heteroatoms. The highest BCUT2D eigenvalue weighted by molar-refractivity contribution is 7.99. The Kier molecular flexibility index (Phi) is 3.70. The van der Waals surface area contributed by atoms with Crippen molar-refractivity contribution in [2.45, 2.75) is 37.5 Å². The predicted molar refractivity (Wildman–Crippen MR) is 69.0 cm³/mol. The van der Waals surface area contributed by atoms with Gasteiger partial charge in [0.2, 0.25) is 0 Å². The summed E-state index contributed by atoms with van der Waals surface area (Å²) in [5.41, 5.74) is 1.25. The topological polar surface area (TPSA) is 17.1 Å². The first kappa shape index (κ1) is 11.7. The second kappa shape index (κ2) is 5.05. The molecule has 0 saturated carbocycles. The van der Waals surface area contributed by atoms with Crippen molar-refractivity contribution in [2.75, 3.05) is 5.75 Å². The van der Waals surface area contributed by atoms with Gasteiger partial charge in [0.25, 0.3) is 0 Å². The summed E-state index contributed by atoms with van der Waals surface area (Å²) in [6, 6.07) is 8.33. The molecule has 1 aromatic rings. The van der Waals surface area contributed by atoms with Crippen LogP contribution in [0.3, 0.4) is 0 Å². The zero-order valence-electron chi connectivity index (χ0n) is 9.90. The molecule has 86 valence electrons. The largest absolute Gasteiger partial charge is 0.299 e. The molecule has 0 saturated heterocycles. The van der Waals surface area contributed by atoms with Gasteiger partial charge in [0, 0.05) is 16.6 Å². The van der Waals surface area contributed by atoms with E-state index >= 15 is 0 Å². The Hall–Kier alpha value is -0.760. The van der Waals surface area contributed by atoms with Gasteiger partial charge in [-0.2, -0.15) is 0 Å². The molecule has 2 rings (SSSR count). The van der Waals surface area contributed by atoms with Gasteiger partial charge in [-0.05, 0) is 24.5 Å². The lowest BCUT2D eigenvalue weighted by molar-refractivity contribution is -0.124. The molecule has 0 N–H and O–H groups in total. The van der Waals surface area contributed by atoms with Crippen LogP contribution in [-0.2, 0) is 4.79 Å². The van der Waals surface area contributed by atoms with Crippen LogP contribution in [0.5, 0.6) is 0 Å². The van der Waals surface area contributed by atoms with E-state index in [1.54, 1.807) is 0 Å². The minimum atomic E-state index is 0.145. The zero-order chi connectivity index (χ0) is 11.5. The fourth-order valence-electron chi connectivity index (χ4n) is 2.37. The van der Waals surface area contributed by atoms with E-state index in [9.17, 15) is 4.79 Å². The highest BCUT2D eigenvalue weighted by Gasteiger charge is 2.31. The molecule has 0 amide bonds. The maximum Gasteiger partial charge on any atom is 0.144 e. The van der Waals surface area contributed by atoms with Gasteiger partial charge in [0.1, 0.15) is 5.78 Å². The summed E-state index contributed by atoms with van der Waals surface area (Å²) in [6.07, 6.45) is 1.94. The van der Waals surface area contributed by atoms with Crippen LogP contribution in [0.1, 0.15) is 38.2 Å². The molecule has 1 aliphatic rings. The van der Waals surface area contributed by atoms with Crippen LogP contribution in [0.2, 0.25) is 0 Å². The fraction of sp³-hybridized carbons (Fsp3) is 0.500. The minimum absolute atomic E-state index is 0.145. The number of hydrogen-bond acceptors (Lipinski definition) is 2. The van der Waals surface area contributed by atoms with Crippen LogP contribution in [0, 0.1) is 5.92 Å². The summed E-state index contributed by atoms with van der Waals surface area (Å²) in [4.78, 5) is 13.7. The third-order valence-corrected chi connectivity index (χ3v) is 4.61. The monoisotopic (exact) mass is 234 g/mol. The molecule has 0 bridgehead atoms. The van der Waals surface area contributed by atoms with Gasteiger partial charge in [-0.3, -0.25) is 4.79 Å². The first-order chi connectivity index (χ1) is 7.77. The van der Waals surface area contributed by atoms with E-state index in [-0.39, 0.29) is 11.8 Å². The Labute approximate surface area is 102 Å². The summed E-state index contributed by atoms with van der Waals surface area (Å²) < 4.78 is 0. The maximum atomic E-state index is 12.4. The van der Waals surface area contributed by atoms with E-state index in [1.165, 1.54) is 10.5 Å². The number of fused-ring (bicyclic) bond motifs is 1. The third-order valence-electron chi connectivity index (χ3n) is 3.43. The van der Waals surface area contributed by atoms with E-state index in [2.05, 4.69) is 32.0 Å². The Morgan fingerprint density at radius 3 is 2.75 bits per heavy atom. The minimum Gasteiger partial charge on any atom is -0.299 e. The highest BCUT2D eigenvalue weighted by Crippen LogP contribution is 2.41. The number of carbonyl (C=O) groups excluding carboxylic acids is 1. The van der Waals surface area contributed by atoms with Crippen molar-refractivity contribution in [1.29, 1.82) is 0 Å². The third kappa shape index (κ3) is 2.03. The van der Waals surface area contributed by atoms with Crippen molar-refractivity contribution in [3.8, 4) is 0 Å². The van der Waals surface area contributed by atoms with Gasteiger partial charge < -0.3 is 0 Å². The molecule has 0 aromatic heterocycles. The molecule has 1 atom stereocenters. The van der Waals surface area contributed by atoms with Crippen molar-refractivity contribution >= 4 is 17.5 Å². The fourth-order valence-corrected chi connectivity index (χ4v) is 3.62. The second-order valence-corrected chi connectivity index (χ2v) is 5.38. The molecule has 1 aliphatic heterocycles. The number of Topliss-reactive ketones (excluding diaryl/α,β-unsaturated/α-hetero) is 1. The first-order valence-corrected chi connectivity index (χ1v) is 7.01. The maximum absolute atomic E-state index is 12.4. The molecular formula is C14H18OS. The van der Waals surface area contributed by atoms with Crippen molar-refractivity contribution < 1.29 is 4.79 Å². The van der Waals surface area contributed by atoms with Gasteiger partial charge in [0.15, 0.2) is 0 Å². The second-order valence-electron chi connectivity index (χ2n) is 4.32. The molecule has 0 fully saturated rings. The number of carbonyl (C=O) groups is 1. The van der Waals surface area contributed by atoms with Gasteiger partial charge in [-0.1, -0.05) is 32.0 Å². The number of hydrogen-bond donors (Lipinski definition) is 0. The molecule has 1 heterocycles. The van der Waals surface area contributed by atoms with Crippen LogP contribution >= 0.6 is 11.8 Å². The van der Waals surface area contributed by atoms with Crippen LogP contribution in [-0.4, -0.2) is 11.5 Å². The molecule has 0 radical (unpaired) electrons. The lowest BCUT2D eigenvalue weighted by atomic mass is 9.86. The summed E-state index contributed by atoms with van der Waals surface area (Å²) in [5, 5.41) is 0. The normalized spacial score (nSPS) is 18.8. The zero-order valence-corrected chi connectivity index (χ0v) is 10.7. The van der Waals surface area contributed by atoms with Crippen LogP contribution in [0.4, 0.5) is 0 Å². The number of thioether (sulfide) groups is 1. The van der Waals surface area contributed by atoms with Crippen LogP contribution in [0.25, 0.3) is 0 Å². The lowest BCUT2D eigenvalue weighted by Gasteiger charge is -2.16. The molecular weight excluding hydrogens is 216 g/mol. The Balaban J connectivity index is 2.22. The highest BCUT2D eigenvalue weighted by atomic mass is 32.2. The SMILES string of the molecule is CCC(CC)C(=O)C1CSc2ccccc21. The van der Waals surface area contributed by atoms with Crippen molar-refractivity contribution in [2.24, 2.45) is 5.92 Å². The smallest absolute Gasteiger partial charge is 0.144 e. The number of rotatable bonds is 4. The average molecular weight is 234 g/mol. The Morgan fingerprint density at radius 1 is 1.38 bits per heavy atom. The van der Waals surface area contributed by atoms with Gasteiger partial charge in [-0.15, -0.1) is 11.8 Å². The van der Waals surface area contributed by atoms with Gasteiger partial charge in [0.05, 0.1) is 5.92 Å². The molecule has 1 aromatic carbocycles. The van der Waals surface area contributed by atoms with Gasteiger partial charge >= 0.3 is 0 Å². The van der Waals surface area contributed by atoms with Crippen molar-refractivity contribution in [1.82, 2.24) is 0 Å². The summed E-state index contributed by atoms with van der Waals surface area (Å²) in [7, 11) is 0. The summed E-state index contributed by atoms with van der Waals surface area (Å²) in [5.74, 6) is 1.78. The van der Waals surface area contributed by atoms with Crippen molar-refractivity contribution in [3.63, 3.8) is 0 Å². The predicted octanol–water partition coefficient (Wildman–Crippen LogP) is 3.88. The van der Waals surface area contributed by atoms with E-state index in [1.807, 2.05) is 17.8 Å². The van der Waals surface area contributed by atoms with Crippen molar-refractivity contribution in [3.05, 3.63) is 29.8 Å². The van der Waals surface area contributed by atoms with E-state index in [0.29, 0.717) is 5.78 Å². The Morgan fingerprint density at radius 2 is 2.06 bits per heavy atom. The molecule has 1 unspecified atom stereocenters.